The highest BCUT2D eigenvalue weighted by Crippen LogP contribution is 2.41. The molecule has 1 heterocycles. The first kappa shape index (κ1) is 22.6. The van der Waals surface area contributed by atoms with Crippen molar-refractivity contribution in [1.29, 1.82) is 0 Å². The highest BCUT2D eigenvalue weighted by Gasteiger charge is 2.31. The summed E-state index contributed by atoms with van der Waals surface area (Å²) in [5, 5.41) is 15.0. The summed E-state index contributed by atoms with van der Waals surface area (Å²) in [6.07, 6.45) is 6.20. The van der Waals surface area contributed by atoms with Crippen LogP contribution in [0.3, 0.4) is 0 Å². The van der Waals surface area contributed by atoms with Crippen molar-refractivity contribution < 1.29 is 14.0 Å². The lowest BCUT2D eigenvalue weighted by molar-refractivity contribution is -0.113. The van der Waals surface area contributed by atoms with E-state index in [1.165, 1.54) is 17.8 Å². The molecule has 0 radical (unpaired) electrons. The van der Waals surface area contributed by atoms with E-state index in [2.05, 4.69) is 20.8 Å². The van der Waals surface area contributed by atoms with Crippen molar-refractivity contribution in [3.63, 3.8) is 0 Å². The van der Waals surface area contributed by atoms with Crippen LogP contribution in [0.1, 0.15) is 54.9 Å². The van der Waals surface area contributed by atoms with Gasteiger partial charge in [0.2, 0.25) is 5.91 Å². The zero-order chi connectivity index (χ0) is 23.5. The minimum absolute atomic E-state index is 0.0979. The summed E-state index contributed by atoms with van der Waals surface area (Å²) in [7, 11) is 0. The van der Waals surface area contributed by atoms with Gasteiger partial charge in [0.05, 0.1) is 22.6 Å². The van der Waals surface area contributed by atoms with Crippen LogP contribution in [0.4, 0.5) is 10.1 Å². The summed E-state index contributed by atoms with van der Waals surface area (Å²) >= 11 is 1.26. The van der Waals surface area contributed by atoms with Gasteiger partial charge in [0.25, 0.3) is 5.91 Å². The minimum atomic E-state index is -0.349. The molecule has 7 nitrogen and oxygen atoms in total. The number of anilines is 1. The van der Waals surface area contributed by atoms with Crippen LogP contribution in [0.2, 0.25) is 0 Å². The molecule has 0 bridgehead atoms. The third kappa shape index (κ3) is 4.99. The highest BCUT2D eigenvalue weighted by molar-refractivity contribution is 7.99. The van der Waals surface area contributed by atoms with Crippen molar-refractivity contribution >= 4 is 29.3 Å². The molecule has 2 aromatic carbocycles. The maximum absolute atomic E-state index is 14.4. The Bertz CT molecular complexity index is 1200. The van der Waals surface area contributed by atoms with Crippen molar-refractivity contribution in [3.8, 4) is 11.4 Å². The van der Waals surface area contributed by atoms with Crippen LogP contribution in [0, 0.1) is 5.82 Å². The maximum Gasteiger partial charge on any atom is 0.253 e. The van der Waals surface area contributed by atoms with Gasteiger partial charge in [-0.3, -0.25) is 14.2 Å². The van der Waals surface area contributed by atoms with Crippen LogP contribution >= 0.6 is 11.8 Å². The Kier molecular flexibility index (Phi) is 6.62. The number of nitrogens with zero attached hydrogens (tertiary/aromatic N) is 3. The van der Waals surface area contributed by atoms with Crippen LogP contribution in [-0.2, 0) is 4.79 Å². The molecule has 2 aliphatic rings. The first-order valence-electron chi connectivity index (χ1n) is 11.6. The number of rotatable bonds is 8. The average Bonchev–Trinajstić information content (AvgIpc) is 3.38. The van der Waals surface area contributed by atoms with E-state index in [0.717, 1.165) is 38.5 Å². The third-order valence-electron chi connectivity index (χ3n) is 6.16. The Morgan fingerprint density at radius 2 is 1.74 bits per heavy atom. The fourth-order valence-electron chi connectivity index (χ4n) is 4.30. The van der Waals surface area contributed by atoms with E-state index in [4.69, 9.17) is 0 Å². The Morgan fingerprint density at radius 1 is 1.00 bits per heavy atom. The number of benzene rings is 2. The Labute approximate surface area is 201 Å². The number of hydrogen-bond acceptors (Lipinski definition) is 5. The van der Waals surface area contributed by atoms with Gasteiger partial charge >= 0.3 is 0 Å². The molecule has 0 unspecified atom stereocenters. The summed E-state index contributed by atoms with van der Waals surface area (Å²) in [5.74, 6) is -0.181. The van der Waals surface area contributed by atoms with Crippen LogP contribution in [0.25, 0.3) is 11.4 Å². The number of thioether (sulfide) groups is 1. The SMILES string of the molecule is O=C(CSc1nnc(-c2ccccc2F)n1C1CC1)Nc1ccccc1C(=O)NC1CCCC1. The van der Waals surface area contributed by atoms with E-state index < -0.39 is 0 Å². The number of carbonyl (C=O) groups is 2. The molecular weight excluding hydrogens is 453 g/mol. The van der Waals surface area contributed by atoms with E-state index in [1.54, 1.807) is 42.5 Å². The second kappa shape index (κ2) is 9.97. The maximum atomic E-state index is 14.4. The molecule has 2 fully saturated rings. The lowest BCUT2D eigenvalue weighted by atomic mass is 10.1. The van der Waals surface area contributed by atoms with Gasteiger partial charge in [-0.1, -0.05) is 48.9 Å². The lowest BCUT2D eigenvalue weighted by Crippen LogP contribution is -2.33. The number of amides is 2. The van der Waals surface area contributed by atoms with E-state index >= 15 is 0 Å². The van der Waals surface area contributed by atoms with Gasteiger partial charge in [0, 0.05) is 12.1 Å². The molecule has 2 aliphatic carbocycles. The van der Waals surface area contributed by atoms with E-state index in [9.17, 15) is 14.0 Å². The van der Waals surface area contributed by atoms with Crippen LogP contribution in [-0.4, -0.2) is 38.4 Å². The van der Waals surface area contributed by atoms with Crippen molar-refractivity contribution in [2.24, 2.45) is 0 Å². The monoisotopic (exact) mass is 479 g/mol. The normalized spacial score (nSPS) is 15.9. The van der Waals surface area contributed by atoms with Gasteiger partial charge in [0.1, 0.15) is 5.82 Å². The Balaban J connectivity index is 1.26. The Morgan fingerprint density at radius 3 is 2.50 bits per heavy atom. The third-order valence-corrected chi connectivity index (χ3v) is 7.10. The van der Waals surface area contributed by atoms with Crippen molar-refractivity contribution in [3.05, 3.63) is 59.9 Å². The van der Waals surface area contributed by atoms with Crippen molar-refractivity contribution in [2.75, 3.05) is 11.1 Å². The van der Waals surface area contributed by atoms with Gasteiger partial charge in [0.15, 0.2) is 11.0 Å². The van der Waals surface area contributed by atoms with E-state index in [1.807, 2.05) is 4.57 Å². The first-order valence-corrected chi connectivity index (χ1v) is 12.6. The average molecular weight is 480 g/mol. The fourth-order valence-corrected chi connectivity index (χ4v) is 5.11. The van der Waals surface area contributed by atoms with Crippen LogP contribution in [0.15, 0.2) is 53.7 Å². The highest BCUT2D eigenvalue weighted by atomic mass is 32.2. The van der Waals surface area contributed by atoms with E-state index in [0.29, 0.717) is 27.8 Å². The van der Waals surface area contributed by atoms with Gasteiger partial charge in [-0.2, -0.15) is 0 Å². The number of carbonyl (C=O) groups excluding carboxylic acids is 2. The molecule has 0 aliphatic heterocycles. The zero-order valence-corrected chi connectivity index (χ0v) is 19.5. The first-order chi connectivity index (χ1) is 16.6. The van der Waals surface area contributed by atoms with Crippen molar-refractivity contribution in [1.82, 2.24) is 20.1 Å². The quantitative estimate of drug-likeness (QED) is 0.452. The van der Waals surface area contributed by atoms with Gasteiger partial charge < -0.3 is 10.6 Å². The molecular formula is C25H26FN5O2S. The molecule has 3 aromatic rings. The second-order valence-corrected chi connectivity index (χ2v) is 9.67. The largest absolute Gasteiger partial charge is 0.349 e. The molecule has 2 amide bonds. The summed E-state index contributed by atoms with van der Waals surface area (Å²) in [4.78, 5) is 25.5. The zero-order valence-electron chi connectivity index (χ0n) is 18.7. The number of halogens is 1. The topological polar surface area (TPSA) is 88.9 Å². The molecule has 0 spiro atoms. The van der Waals surface area contributed by atoms with E-state index in [-0.39, 0.29) is 35.5 Å². The fraction of sp³-hybridized carbons (Fsp3) is 0.360. The summed E-state index contributed by atoms with van der Waals surface area (Å²) in [6.45, 7) is 0. The molecule has 176 valence electrons. The predicted molar refractivity (Wildman–Crippen MR) is 129 cm³/mol. The molecule has 5 rings (SSSR count). The molecule has 34 heavy (non-hydrogen) atoms. The number of nitrogens with one attached hydrogen (secondary N) is 2. The van der Waals surface area contributed by atoms with Gasteiger partial charge in [-0.25, -0.2) is 4.39 Å². The van der Waals surface area contributed by atoms with Crippen molar-refractivity contribution in [2.45, 2.75) is 55.8 Å². The van der Waals surface area contributed by atoms with Gasteiger partial charge in [-0.05, 0) is 49.9 Å². The lowest BCUT2D eigenvalue weighted by Gasteiger charge is -2.15. The molecule has 2 saturated carbocycles. The van der Waals surface area contributed by atoms with Crippen LogP contribution < -0.4 is 10.6 Å². The molecule has 9 heteroatoms. The standard InChI is InChI=1S/C25H26FN5O2S/c26-20-11-5-3-9-18(20)23-29-30-25(31(23)17-13-14-17)34-15-22(32)28-21-12-6-4-10-19(21)24(33)27-16-7-1-2-8-16/h3-6,9-12,16-17H,1-2,7-8,13-15H2,(H,27,33)(H,28,32). The summed E-state index contributed by atoms with van der Waals surface area (Å²) in [6, 6.07) is 13.9. The minimum Gasteiger partial charge on any atom is -0.349 e. The molecule has 0 saturated heterocycles. The van der Waals surface area contributed by atoms with Crippen LogP contribution in [0.5, 0.6) is 0 Å². The molecule has 0 atom stereocenters. The predicted octanol–water partition coefficient (Wildman–Crippen LogP) is 4.82. The number of hydrogen-bond donors (Lipinski definition) is 2. The van der Waals surface area contributed by atoms with Gasteiger partial charge in [-0.15, -0.1) is 10.2 Å². The summed E-state index contributed by atoms with van der Waals surface area (Å²) < 4.78 is 16.3. The summed E-state index contributed by atoms with van der Waals surface area (Å²) in [5.41, 5.74) is 1.34. The number of aromatic nitrogens is 3. The molecule has 1 aromatic heterocycles. The number of para-hydroxylation sites is 1. The smallest absolute Gasteiger partial charge is 0.253 e. The second-order valence-electron chi connectivity index (χ2n) is 8.72. The Hall–Kier alpha value is -3.20. The molecule has 2 N–H and O–H groups in total.